The Morgan fingerprint density at radius 3 is 2.68 bits per heavy atom. The summed E-state index contributed by atoms with van der Waals surface area (Å²) in [6.45, 7) is 4.04. The number of rotatable bonds is 5. The van der Waals surface area contributed by atoms with E-state index in [4.69, 9.17) is 0 Å². The van der Waals surface area contributed by atoms with Crippen molar-refractivity contribution in [1.82, 2.24) is 25.2 Å². The van der Waals surface area contributed by atoms with Gasteiger partial charge in [0, 0.05) is 16.5 Å². The number of amides is 1. The largest absolute Gasteiger partial charge is 0.298 e. The van der Waals surface area contributed by atoms with E-state index in [1.807, 2.05) is 24.4 Å². The molecule has 28 heavy (non-hydrogen) atoms. The van der Waals surface area contributed by atoms with E-state index in [0.29, 0.717) is 10.7 Å². The van der Waals surface area contributed by atoms with Gasteiger partial charge in [-0.2, -0.15) is 0 Å². The molecular weight excluding hydrogens is 372 g/mol. The lowest BCUT2D eigenvalue weighted by atomic mass is 10.1. The van der Waals surface area contributed by atoms with Crippen LogP contribution in [0.2, 0.25) is 0 Å². The molecule has 7 nitrogen and oxygen atoms in total. The van der Waals surface area contributed by atoms with Crippen LogP contribution >= 0.6 is 11.3 Å². The number of benzene rings is 2. The van der Waals surface area contributed by atoms with E-state index in [0.717, 1.165) is 28.9 Å². The highest BCUT2D eigenvalue weighted by Gasteiger charge is 2.12. The molecule has 0 aliphatic carbocycles. The van der Waals surface area contributed by atoms with Gasteiger partial charge in [0.15, 0.2) is 5.13 Å². The SMILES string of the molecule is CCc1ccc(-c2csc(NC(=O)c3ccc(-n4cnnn4)c(C)c3)n2)cc1. The molecule has 0 atom stereocenters. The van der Waals surface area contributed by atoms with Gasteiger partial charge in [0.2, 0.25) is 0 Å². The van der Waals surface area contributed by atoms with Crippen molar-refractivity contribution in [3.8, 4) is 16.9 Å². The minimum Gasteiger partial charge on any atom is -0.298 e. The number of anilines is 1. The van der Waals surface area contributed by atoms with E-state index >= 15 is 0 Å². The van der Waals surface area contributed by atoms with Gasteiger partial charge in [-0.3, -0.25) is 10.1 Å². The maximum absolute atomic E-state index is 12.6. The number of nitrogens with one attached hydrogen (secondary N) is 1. The maximum atomic E-state index is 12.6. The van der Waals surface area contributed by atoms with Gasteiger partial charge in [-0.15, -0.1) is 16.4 Å². The number of carbonyl (C=O) groups excluding carboxylic acids is 1. The minimum absolute atomic E-state index is 0.200. The zero-order chi connectivity index (χ0) is 19.5. The first-order chi connectivity index (χ1) is 13.6. The quantitative estimate of drug-likeness (QED) is 0.558. The van der Waals surface area contributed by atoms with Crippen molar-refractivity contribution < 1.29 is 4.79 Å². The molecule has 1 amide bonds. The zero-order valence-electron chi connectivity index (χ0n) is 15.5. The average Bonchev–Trinajstić information content (AvgIpc) is 3.40. The van der Waals surface area contributed by atoms with Crippen LogP contribution < -0.4 is 5.32 Å². The van der Waals surface area contributed by atoms with Crippen LogP contribution in [-0.4, -0.2) is 31.1 Å². The molecule has 0 fully saturated rings. The van der Waals surface area contributed by atoms with E-state index in [-0.39, 0.29) is 5.91 Å². The third-order valence-electron chi connectivity index (χ3n) is 4.44. The van der Waals surface area contributed by atoms with Gasteiger partial charge in [-0.05, 0) is 53.1 Å². The maximum Gasteiger partial charge on any atom is 0.257 e. The number of nitrogens with zero attached hydrogens (tertiary/aromatic N) is 5. The molecule has 8 heteroatoms. The zero-order valence-corrected chi connectivity index (χ0v) is 16.3. The molecule has 1 N–H and O–H groups in total. The molecule has 4 aromatic rings. The Balaban J connectivity index is 1.49. The second kappa shape index (κ2) is 7.69. The van der Waals surface area contributed by atoms with Gasteiger partial charge < -0.3 is 0 Å². The number of carbonyl (C=O) groups is 1. The Kier molecular flexibility index (Phi) is 4.94. The third kappa shape index (κ3) is 3.67. The number of aromatic nitrogens is 5. The predicted molar refractivity (Wildman–Crippen MR) is 109 cm³/mol. The summed E-state index contributed by atoms with van der Waals surface area (Å²) in [4.78, 5) is 17.1. The summed E-state index contributed by atoms with van der Waals surface area (Å²) in [6, 6.07) is 13.7. The molecular formula is C20H18N6OS. The molecule has 0 unspecified atom stereocenters. The van der Waals surface area contributed by atoms with Gasteiger partial charge >= 0.3 is 0 Å². The summed E-state index contributed by atoms with van der Waals surface area (Å²) in [5.74, 6) is -0.200. The molecule has 0 saturated heterocycles. The summed E-state index contributed by atoms with van der Waals surface area (Å²) >= 11 is 1.41. The van der Waals surface area contributed by atoms with E-state index in [1.54, 1.807) is 10.7 Å². The Morgan fingerprint density at radius 2 is 2.00 bits per heavy atom. The number of hydrogen-bond acceptors (Lipinski definition) is 6. The van der Waals surface area contributed by atoms with Crippen molar-refractivity contribution in [2.75, 3.05) is 5.32 Å². The molecule has 2 heterocycles. The smallest absolute Gasteiger partial charge is 0.257 e. The molecule has 0 radical (unpaired) electrons. The van der Waals surface area contributed by atoms with Gasteiger partial charge in [-0.1, -0.05) is 31.2 Å². The number of thiazole rings is 1. The highest BCUT2D eigenvalue weighted by atomic mass is 32.1. The summed E-state index contributed by atoms with van der Waals surface area (Å²) in [7, 11) is 0. The van der Waals surface area contributed by atoms with Crippen LogP contribution in [-0.2, 0) is 6.42 Å². The van der Waals surface area contributed by atoms with Crippen molar-refractivity contribution in [3.63, 3.8) is 0 Å². The second-order valence-electron chi connectivity index (χ2n) is 6.30. The van der Waals surface area contributed by atoms with E-state index in [9.17, 15) is 4.79 Å². The van der Waals surface area contributed by atoms with Crippen molar-refractivity contribution >= 4 is 22.4 Å². The van der Waals surface area contributed by atoms with Gasteiger partial charge in [0.1, 0.15) is 6.33 Å². The third-order valence-corrected chi connectivity index (χ3v) is 5.20. The van der Waals surface area contributed by atoms with Crippen molar-refractivity contribution in [1.29, 1.82) is 0 Å². The molecule has 0 bridgehead atoms. The Labute approximate surface area is 166 Å². The normalized spacial score (nSPS) is 10.8. The van der Waals surface area contributed by atoms with Crippen molar-refractivity contribution in [3.05, 3.63) is 70.9 Å². The molecule has 4 rings (SSSR count). The molecule has 0 saturated carbocycles. The Hall–Kier alpha value is -3.39. The molecule has 0 aliphatic heterocycles. The second-order valence-corrected chi connectivity index (χ2v) is 7.16. The topological polar surface area (TPSA) is 85.6 Å². The first-order valence-corrected chi connectivity index (χ1v) is 9.72. The molecule has 0 aliphatic rings. The standard InChI is InChI=1S/C20H18N6OS/c1-3-14-4-6-15(7-5-14)17-11-28-20(22-17)23-19(27)16-8-9-18(13(2)10-16)26-12-21-24-25-26/h4-12H,3H2,1-2H3,(H,22,23,27). The summed E-state index contributed by atoms with van der Waals surface area (Å²) < 4.78 is 1.56. The lowest BCUT2D eigenvalue weighted by Crippen LogP contribution is -2.12. The predicted octanol–water partition coefficient (Wildman–Crippen LogP) is 3.91. The van der Waals surface area contributed by atoms with Crippen LogP contribution in [0.5, 0.6) is 0 Å². The number of tetrazole rings is 1. The molecule has 2 aromatic carbocycles. The Bertz CT molecular complexity index is 1100. The van der Waals surface area contributed by atoms with Crippen LogP contribution in [0, 0.1) is 6.92 Å². The highest BCUT2D eigenvalue weighted by molar-refractivity contribution is 7.14. The fourth-order valence-corrected chi connectivity index (χ4v) is 3.58. The van der Waals surface area contributed by atoms with Crippen LogP contribution in [0.4, 0.5) is 5.13 Å². The van der Waals surface area contributed by atoms with Crippen LogP contribution in [0.3, 0.4) is 0 Å². The number of aryl methyl sites for hydroxylation is 2. The fraction of sp³-hybridized carbons (Fsp3) is 0.150. The first-order valence-electron chi connectivity index (χ1n) is 8.84. The molecule has 140 valence electrons. The van der Waals surface area contributed by atoms with Crippen molar-refractivity contribution in [2.24, 2.45) is 0 Å². The molecule has 0 spiro atoms. The summed E-state index contributed by atoms with van der Waals surface area (Å²) in [6.07, 6.45) is 2.52. The summed E-state index contributed by atoms with van der Waals surface area (Å²) in [5, 5.41) is 16.5. The van der Waals surface area contributed by atoms with Crippen LogP contribution in [0.25, 0.3) is 16.9 Å². The first kappa shape index (κ1) is 18.0. The fourth-order valence-electron chi connectivity index (χ4n) is 2.87. The number of hydrogen-bond donors (Lipinski definition) is 1. The van der Waals surface area contributed by atoms with Crippen LogP contribution in [0.1, 0.15) is 28.4 Å². The van der Waals surface area contributed by atoms with Crippen LogP contribution in [0.15, 0.2) is 54.2 Å². The van der Waals surface area contributed by atoms with Crippen molar-refractivity contribution in [2.45, 2.75) is 20.3 Å². The van der Waals surface area contributed by atoms with E-state index in [1.165, 1.54) is 23.2 Å². The average molecular weight is 390 g/mol. The van der Waals surface area contributed by atoms with Gasteiger partial charge in [0.05, 0.1) is 11.4 Å². The minimum atomic E-state index is -0.200. The lowest BCUT2D eigenvalue weighted by molar-refractivity contribution is 0.102. The lowest BCUT2D eigenvalue weighted by Gasteiger charge is -2.07. The highest BCUT2D eigenvalue weighted by Crippen LogP contribution is 2.26. The Morgan fingerprint density at radius 1 is 1.18 bits per heavy atom. The summed E-state index contributed by atoms with van der Waals surface area (Å²) in [5.41, 5.74) is 5.46. The van der Waals surface area contributed by atoms with Gasteiger partial charge in [0.25, 0.3) is 5.91 Å². The van der Waals surface area contributed by atoms with E-state index in [2.05, 4.69) is 57.0 Å². The monoisotopic (exact) mass is 390 g/mol. The molecule has 2 aromatic heterocycles. The van der Waals surface area contributed by atoms with Gasteiger partial charge in [-0.25, -0.2) is 9.67 Å². The van der Waals surface area contributed by atoms with E-state index < -0.39 is 0 Å².